The highest BCUT2D eigenvalue weighted by Crippen LogP contribution is 2.44. The van der Waals surface area contributed by atoms with Crippen LogP contribution in [0.25, 0.3) is 10.9 Å². The summed E-state index contributed by atoms with van der Waals surface area (Å²) < 4.78 is 41.6. The zero-order valence-corrected chi connectivity index (χ0v) is 23.3. The van der Waals surface area contributed by atoms with Gasteiger partial charge in [-0.3, -0.25) is 29.3 Å². The highest BCUT2D eigenvalue weighted by Gasteiger charge is 2.41. The van der Waals surface area contributed by atoms with Crippen LogP contribution in [0, 0.1) is 0 Å². The SMILES string of the molecule is O=C1CCC(N2Cc3c(NC=C4C(=O)CC(c5c(Br)ccc6[nH]cc(C(F)(F)F)c56)CC4=O)cccc3C2=O)C(=O)N1. The minimum Gasteiger partial charge on any atom is -0.361 e. The van der Waals surface area contributed by atoms with Gasteiger partial charge in [-0.2, -0.15) is 13.2 Å². The molecule has 0 radical (unpaired) electrons. The highest BCUT2D eigenvalue weighted by atomic mass is 79.9. The standard InChI is InChI=1S/C29H22BrF3N4O5/c30-18-4-5-20-26(17(11-35-20)29(31,32)33)25(18)13-8-22(38)15(23(39)9-13)10-34-19-3-1-2-14-16(19)12-37(28(14)42)21-6-7-24(40)36-27(21)41/h1-5,10-11,13,21,34-35H,6-9,12H2,(H,36,40,41). The Morgan fingerprint density at radius 2 is 1.76 bits per heavy atom. The molecular formula is C29H22BrF3N4O5. The number of carbonyl (C=O) groups is 5. The molecule has 6 rings (SSSR count). The Kier molecular flexibility index (Phi) is 6.79. The summed E-state index contributed by atoms with van der Waals surface area (Å²) in [5, 5.41) is 5.14. The van der Waals surface area contributed by atoms with Crippen LogP contribution in [0.4, 0.5) is 18.9 Å². The first kappa shape index (κ1) is 27.9. The van der Waals surface area contributed by atoms with Gasteiger partial charge in [-0.25, -0.2) is 0 Å². The third-order valence-corrected chi connectivity index (χ3v) is 8.66. The van der Waals surface area contributed by atoms with E-state index >= 15 is 0 Å². The second-order valence-electron chi connectivity index (χ2n) is 10.5. The number of Topliss-reactive ketones (excluding diaryl/α,β-unsaturated/α-hetero) is 2. The Balaban J connectivity index is 1.24. The van der Waals surface area contributed by atoms with Crippen molar-refractivity contribution in [1.82, 2.24) is 15.2 Å². The molecule has 3 N–H and O–H groups in total. The molecule has 3 aromatic rings. The number of amides is 3. The molecule has 3 amide bonds. The molecule has 3 heterocycles. The molecule has 0 bridgehead atoms. The lowest BCUT2D eigenvalue weighted by Crippen LogP contribution is -2.52. The van der Waals surface area contributed by atoms with Crippen molar-refractivity contribution in [3.8, 4) is 0 Å². The van der Waals surface area contributed by atoms with Crippen LogP contribution in [-0.4, -0.2) is 45.2 Å². The first-order valence-electron chi connectivity index (χ1n) is 13.1. The largest absolute Gasteiger partial charge is 0.418 e. The van der Waals surface area contributed by atoms with Crippen molar-refractivity contribution in [3.63, 3.8) is 0 Å². The maximum atomic E-state index is 13.7. The number of halogens is 4. The maximum Gasteiger partial charge on any atom is 0.418 e. The number of hydrogen-bond acceptors (Lipinski definition) is 6. The zero-order chi connectivity index (χ0) is 29.9. The van der Waals surface area contributed by atoms with Gasteiger partial charge < -0.3 is 15.2 Å². The quantitative estimate of drug-likeness (QED) is 0.215. The van der Waals surface area contributed by atoms with Crippen LogP contribution < -0.4 is 10.6 Å². The number of alkyl halides is 3. The third kappa shape index (κ3) is 4.71. The number of rotatable bonds is 4. The summed E-state index contributed by atoms with van der Waals surface area (Å²) in [4.78, 5) is 67.3. The molecule has 1 aliphatic carbocycles. The molecule has 9 nitrogen and oxygen atoms in total. The van der Waals surface area contributed by atoms with Crippen LogP contribution >= 0.6 is 15.9 Å². The first-order valence-corrected chi connectivity index (χ1v) is 13.9. The average Bonchev–Trinajstić information content (AvgIpc) is 3.50. The van der Waals surface area contributed by atoms with E-state index in [9.17, 15) is 37.1 Å². The Bertz CT molecular complexity index is 1720. The molecule has 0 spiro atoms. The van der Waals surface area contributed by atoms with Gasteiger partial charge in [-0.1, -0.05) is 22.0 Å². The summed E-state index contributed by atoms with van der Waals surface area (Å²) in [6, 6.07) is 7.20. The highest BCUT2D eigenvalue weighted by molar-refractivity contribution is 9.10. The van der Waals surface area contributed by atoms with E-state index in [1.54, 1.807) is 24.3 Å². The molecule has 216 valence electrons. The molecule has 13 heteroatoms. The number of aromatic nitrogens is 1. The number of hydrogen-bond donors (Lipinski definition) is 3. The summed E-state index contributed by atoms with van der Waals surface area (Å²) in [5.74, 6) is -3.11. The molecule has 3 aliphatic rings. The van der Waals surface area contributed by atoms with Crippen LogP contribution in [0.1, 0.15) is 58.6 Å². The van der Waals surface area contributed by atoms with Gasteiger partial charge in [0.2, 0.25) is 11.8 Å². The lowest BCUT2D eigenvalue weighted by atomic mass is 9.79. The normalized spacial score (nSPS) is 21.2. The molecule has 2 fully saturated rings. The van der Waals surface area contributed by atoms with Crippen molar-refractivity contribution >= 4 is 61.8 Å². The first-order chi connectivity index (χ1) is 19.9. The van der Waals surface area contributed by atoms with E-state index < -0.39 is 47.1 Å². The second kappa shape index (κ2) is 10.2. The third-order valence-electron chi connectivity index (χ3n) is 7.97. The summed E-state index contributed by atoms with van der Waals surface area (Å²) >= 11 is 3.32. The summed E-state index contributed by atoms with van der Waals surface area (Å²) in [7, 11) is 0. The fourth-order valence-corrected chi connectivity index (χ4v) is 6.63. The molecule has 42 heavy (non-hydrogen) atoms. The fourth-order valence-electron chi connectivity index (χ4n) is 5.98. The van der Waals surface area contributed by atoms with Crippen LogP contribution in [0.15, 0.2) is 52.8 Å². The number of imide groups is 1. The predicted molar refractivity (Wildman–Crippen MR) is 147 cm³/mol. The minimum atomic E-state index is -4.63. The van der Waals surface area contributed by atoms with Crippen molar-refractivity contribution in [2.75, 3.05) is 5.32 Å². The lowest BCUT2D eigenvalue weighted by molar-refractivity contribution is -0.137. The molecule has 2 aliphatic heterocycles. The molecule has 1 unspecified atom stereocenters. The molecule has 1 aromatic heterocycles. The van der Waals surface area contributed by atoms with E-state index in [1.165, 1.54) is 17.2 Å². The molecule has 1 saturated heterocycles. The van der Waals surface area contributed by atoms with Crippen molar-refractivity contribution < 1.29 is 37.1 Å². The number of anilines is 1. The van der Waals surface area contributed by atoms with Crippen molar-refractivity contribution in [2.45, 2.75) is 50.4 Å². The van der Waals surface area contributed by atoms with Crippen LogP contribution in [0.5, 0.6) is 0 Å². The summed E-state index contributed by atoms with van der Waals surface area (Å²) in [5.41, 5.74) is 0.902. The van der Waals surface area contributed by atoms with Crippen molar-refractivity contribution in [2.24, 2.45) is 0 Å². The van der Waals surface area contributed by atoms with Crippen LogP contribution in [-0.2, 0) is 31.9 Å². The lowest BCUT2D eigenvalue weighted by Gasteiger charge is -2.29. The molecule has 1 atom stereocenters. The number of carbonyl (C=O) groups excluding carboxylic acids is 5. The Hall–Kier alpha value is -4.26. The monoisotopic (exact) mass is 642 g/mol. The number of piperidine rings is 1. The number of benzene rings is 2. The number of nitrogens with zero attached hydrogens (tertiary/aromatic N) is 1. The van der Waals surface area contributed by atoms with E-state index in [-0.39, 0.29) is 60.2 Å². The van der Waals surface area contributed by atoms with Crippen LogP contribution in [0.3, 0.4) is 0 Å². The maximum absolute atomic E-state index is 13.7. The van der Waals surface area contributed by atoms with Crippen molar-refractivity contribution in [1.29, 1.82) is 0 Å². The molecule has 1 saturated carbocycles. The van der Waals surface area contributed by atoms with Gasteiger partial charge in [0.15, 0.2) is 11.6 Å². The molecule has 2 aromatic carbocycles. The van der Waals surface area contributed by atoms with E-state index in [4.69, 9.17) is 0 Å². The van der Waals surface area contributed by atoms with Crippen LogP contribution in [0.2, 0.25) is 0 Å². The number of H-pyrrole nitrogens is 1. The van der Waals surface area contributed by atoms with Gasteiger partial charge in [0.25, 0.3) is 5.91 Å². The molecular weight excluding hydrogens is 621 g/mol. The van der Waals surface area contributed by atoms with E-state index in [1.807, 2.05) is 0 Å². The topological polar surface area (TPSA) is 128 Å². The van der Waals surface area contributed by atoms with Gasteiger partial charge in [0.1, 0.15) is 6.04 Å². The zero-order valence-electron chi connectivity index (χ0n) is 21.7. The van der Waals surface area contributed by atoms with Gasteiger partial charge in [0, 0.05) is 76.3 Å². The number of ketones is 2. The second-order valence-corrected chi connectivity index (χ2v) is 11.3. The van der Waals surface area contributed by atoms with E-state index in [2.05, 4.69) is 31.5 Å². The number of fused-ring (bicyclic) bond motifs is 2. The number of nitrogens with one attached hydrogen (secondary N) is 3. The Morgan fingerprint density at radius 3 is 2.45 bits per heavy atom. The predicted octanol–water partition coefficient (Wildman–Crippen LogP) is 4.72. The fraction of sp³-hybridized carbons (Fsp3) is 0.276. The van der Waals surface area contributed by atoms with Gasteiger partial charge in [-0.15, -0.1) is 0 Å². The number of aromatic amines is 1. The van der Waals surface area contributed by atoms with Gasteiger partial charge in [-0.05, 0) is 36.2 Å². The Morgan fingerprint density at radius 1 is 1.02 bits per heavy atom. The minimum absolute atomic E-state index is 0.0712. The summed E-state index contributed by atoms with van der Waals surface area (Å²) in [6.07, 6.45) is -2.50. The Labute approximate surface area is 244 Å². The van der Waals surface area contributed by atoms with E-state index in [0.717, 1.165) is 6.20 Å². The average molecular weight is 643 g/mol. The number of allylic oxidation sites excluding steroid dienone is 1. The summed E-state index contributed by atoms with van der Waals surface area (Å²) in [6.45, 7) is 0.0903. The van der Waals surface area contributed by atoms with Gasteiger partial charge >= 0.3 is 6.18 Å². The van der Waals surface area contributed by atoms with E-state index in [0.29, 0.717) is 21.3 Å². The van der Waals surface area contributed by atoms with Crippen molar-refractivity contribution in [3.05, 3.63) is 75.0 Å². The van der Waals surface area contributed by atoms with Gasteiger partial charge in [0.05, 0.1) is 11.1 Å². The smallest absolute Gasteiger partial charge is 0.361 e.